The highest BCUT2D eigenvalue weighted by Crippen LogP contribution is 2.44. The molecule has 1 aliphatic heterocycles. The van der Waals surface area contributed by atoms with Gasteiger partial charge in [0.15, 0.2) is 6.10 Å². The Hall–Kier alpha value is -1.26. The molecule has 1 amide bonds. The molecule has 0 radical (unpaired) electrons. The minimum Gasteiger partial charge on any atom is -0.480 e. The van der Waals surface area contributed by atoms with Gasteiger partial charge in [-0.15, -0.1) is 0 Å². The molecule has 1 heterocycles. The Labute approximate surface area is 116 Å². The van der Waals surface area contributed by atoms with Crippen LogP contribution in [0.5, 0.6) is 5.75 Å². The van der Waals surface area contributed by atoms with Crippen LogP contribution >= 0.6 is 11.6 Å². The van der Waals surface area contributed by atoms with E-state index in [-0.39, 0.29) is 17.9 Å². The number of rotatable bonds is 4. The summed E-state index contributed by atoms with van der Waals surface area (Å²) in [6.45, 7) is 0.661. The second-order valence-electron chi connectivity index (χ2n) is 5.44. The third-order valence-corrected chi connectivity index (χ3v) is 4.15. The molecule has 102 valence electrons. The Morgan fingerprint density at radius 3 is 3.00 bits per heavy atom. The minimum absolute atomic E-state index is 0.0789. The molecular weight excluding hydrogens is 266 g/mol. The average Bonchev–Trinajstić information content (AvgIpc) is 3.07. The van der Waals surface area contributed by atoms with Gasteiger partial charge >= 0.3 is 0 Å². The molecule has 2 aliphatic rings. The molecule has 1 atom stereocenters. The van der Waals surface area contributed by atoms with Crippen LogP contribution in [0, 0.1) is 5.41 Å². The second-order valence-corrected chi connectivity index (χ2v) is 5.88. The van der Waals surface area contributed by atoms with Crippen LogP contribution in [0.2, 0.25) is 5.02 Å². The summed E-state index contributed by atoms with van der Waals surface area (Å²) in [4.78, 5) is 12.0. The van der Waals surface area contributed by atoms with E-state index < -0.39 is 6.10 Å². The van der Waals surface area contributed by atoms with E-state index in [0.29, 0.717) is 18.0 Å². The number of benzene rings is 1. The lowest BCUT2D eigenvalue weighted by molar-refractivity contribution is -0.127. The maximum absolute atomic E-state index is 12.0. The van der Waals surface area contributed by atoms with Crippen LogP contribution in [0.3, 0.4) is 0 Å². The number of amides is 1. The quantitative estimate of drug-likeness (QED) is 0.880. The van der Waals surface area contributed by atoms with Gasteiger partial charge in [-0.25, -0.2) is 0 Å². The largest absolute Gasteiger partial charge is 0.480 e. The molecule has 4 nitrogen and oxygen atoms in total. The normalized spacial score (nSPS) is 22.5. The van der Waals surface area contributed by atoms with E-state index in [0.717, 1.165) is 24.2 Å². The predicted molar refractivity (Wildman–Crippen MR) is 71.3 cm³/mol. The van der Waals surface area contributed by atoms with Crippen molar-refractivity contribution in [2.45, 2.75) is 25.4 Å². The zero-order valence-corrected chi connectivity index (χ0v) is 11.2. The van der Waals surface area contributed by atoms with Gasteiger partial charge in [0.25, 0.3) is 5.91 Å². The van der Waals surface area contributed by atoms with Gasteiger partial charge < -0.3 is 15.2 Å². The zero-order chi connectivity index (χ0) is 13.5. The zero-order valence-electron chi connectivity index (χ0n) is 10.5. The highest BCUT2D eigenvalue weighted by Gasteiger charge is 2.42. The number of aliphatic hydroxyl groups is 1. The van der Waals surface area contributed by atoms with Crippen LogP contribution in [0.15, 0.2) is 18.2 Å². The summed E-state index contributed by atoms with van der Waals surface area (Å²) in [5.74, 6) is 0.611. The number of fused-ring (bicyclic) bond motifs is 1. The Morgan fingerprint density at radius 1 is 1.53 bits per heavy atom. The van der Waals surface area contributed by atoms with E-state index in [1.807, 2.05) is 6.07 Å². The Kier molecular flexibility index (Phi) is 3.15. The standard InChI is InChI=1S/C14H16ClNO3/c15-10-1-2-11-9(5-10)6-12(19-11)13(18)16-7-14(8-17)3-4-14/h1-2,5,12,17H,3-4,6-8H2,(H,16,18). The topological polar surface area (TPSA) is 58.6 Å². The number of aliphatic hydroxyl groups excluding tert-OH is 1. The van der Waals surface area contributed by atoms with Gasteiger partial charge in [0, 0.05) is 23.4 Å². The molecule has 2 N–H and O–H groups in total. The van der Waals surface area contributed by atoms with Crippen LogP contribution in [-0.2, 0) is 11.2 Å². The third-order valence-electron chi connectivity index (χ3n) is 3.92. The predicted octanol–water partition coefficient (Wildman–Crippen LogP) is 1.53. The summed E-state index contributed by atoms with van der Waals surface area (Å²) in [6, 6.07) is 5.38. The van der Waals surface area contributed by atoms with Crippen molar-refractivity contribution < 1.29 is 14.6 Å². The lowest BCUT2D eigenvalue weighted by Gasteiger charge is -2.15. The van der Waals surface area contributed by atoms with E-state index in [2.05, 4.69) is 5.32 Å². The van der Waals surface area contributed by atoms with Crippen molar-refractivity contribution >= 4 is 17.5 Å². The van der Waals surface area contributed by atoms with Gasteiger partial charge in [-0.3, -0.25) is 4.79 Å². The molecule has 1 aromatic rings. The van der Waals surface area contributed by atoms with Gasteiger partial charge in [0.05, 0.1) is 6.61 Å². The van der Waals surface area contributed by atoms with E-state index in [1.165, 1.54) is 0 Å². The first-order chi connectivity index (χ1) is 9.12. The molecule has 0 spiro atoms. The number of hydrogen-bond acceptors (Lipinski definition) is 3. The minimum atomic E-state index is -0.483. The van der Waals surface area contributed by atoms with Crippen molar-refractivity contribution in [1.29, 1.82) is 0 Å². The second kappa shape index (κ2) is 4.69. The summed E-state index contributed by atoms with van der Waals surface area (Å²) in [7, 11) is 0. The van der Waals surface area contributed by atoms with E-state index >= 15 is 0 Å². The smallest absolute Gasteiger partial charge is 0.261 e. The number of carbonyl (C=O) groups excluding carboxylic acids is 1. The van der Waals surface area contributed by atoms with Crippen LogP contribution < -0.4 is 10.1 Å². The summed E-state index contributed by atoms with van der Waals surface area (Å²) in [5.41, 5.74) is 0.890. The van der Waals surface area contributed by atoms with Crippen molar-refractivity contribution in [3.8, 4) is 5.75 Å². The molecule has 3 rings (SSSR count). The fraction of sp³-hybridized carbons (Fsp3) is 0.500. The molecule has 1 fully saturated rings. The number of carbonyl (C=O) groups is 1. The molecular formula is C14H16ClNO3. The van der Waals surface area contributed by atoms with Crippen LogP contribution in [-0.4, -0.2) is 30.3 Å². The number of hydrogen-bond donors (Lipinski definition) is 2. The van der Waals surface area contributed by atoms with Gasteiger partial charge in [0.2, 0.25) is 0 Å². The Bertz CT molecular complexity index is 513. The van der Waals surface area contributed by atoms with Crippen molar-refractivity contribution in [2.24, 2.45) is 5.41 Å². The van der Waals surface area contributed by atoms with Crippen LogP contribution in [0.25, 0.3) is 0 Å². The van der Waals surface area contributed by atoms with Gasteiger partial charge in [-0.05, 0) is 36.6 Å². The number of ether oxygens (including phenoxy) is 1. The van der Waals surface area contributed by atoms with E-state index in [4.69, 9.17) is 16.3 Å². The van der Waals surface area contributed by atoms with Crippen molar-refractivity contribution in [3.05, 3.63) is 28.8 Å². The Balaban J connectivity index is 1.58. The highest BCUT2D eigenvalue weighted by molar-refractivity contribution is 6.30. The first-order valence-corrected chi connectivity index (χ1v) is 6.83. The molecule has 1 aliphatic carbocycles. The molecule has 1 aromatic carbocycles. The lowest BCUT2D eigenvalue weighted by Crippen LogP contribution is -2.40. The van der Waals surface area contributed by atoms with Gasteiger partial charge in [0.1, 0.15) is 5.75 Å². The molecule has 0 saturated heterocycles. The lowest BCUT2D eigenvalue weighted by atomic mass is 10.1. The van der Waals surface area contributed by atoms with Crippen LogP contribution in [0.1, 0.15) is 18.4 Å². The third kappa shape index (κ3) is 2.55. The Morgan fingerprint density at radius 2 is 2.32 bits per heavy atom. The first-order valence-electron chi connectivity index (χ1n) is 6.46. The van der Waals surface area contributed by atoms with E-state index in [9.17, 15) is 9.90 Å². The highest BCUT2D eigenvalue weighted by atomic mass is 35.5. The van der Waals surface area contributed by atoms with Crippen molar-refractivity contribution in [3.63, 3.8) is 0 Å². The molecule has 1 unspecified atom stereocenters. The molecule has 5 heteroatoms. The molecule has 19 heavy (non-hydrogen) atoms. The van der Waals surface area contributed by atoms with Gasteiger partial charge in [-0.2, -0.15) is 0 Å². The number of nitrogens with one attached hydrogen (secondary N) is 1. The van der Waals surface area contributed by atoms with Crippen molar-refractivity contribution in [1.82, 2.24) is 5.32 Å². The average molecular weight is 282 g/mol. The van der Waals surface area contributed by atoms with E-state index in [1.54, 1.807) is 12.1 Å². The summed E-state index contributed by atoms with van der Waals surface area (Å²) < 4.78 is 5.61. The van der Waals surface area contributed by atoms with Gasteiger partial charge in [-0.1, -0.05) is 11.6 Å². The SMILES string of the molecule is O=C(NCC1(CO)CC1)C1Cc2cc(Cl)ccc2O1. The molecule has 0 bridgehead atoms. The maximum Gasteiger partial charge on any atom is 0.261 e. The fourth-order valence-electron chi connectivity index (χ4n) is 2.32. The molecule has 0 aromatic heterocycles. The fourth-order valence-corrected chi connectivity index (χ4v) is 2.51. The monoisotopic (exact) mass is 281 g/mol. The summed E-state index contributed by atoms with van der Waals surface area (Å²) in [5, 5.41) is 12.7. The van der Waals surface area contributed by atoms with Crippen molar-refractivity contribution in [2.75, 3.05) is 13.2 Å². The molecule has 1 saturated carbocycles. The number of halogens is 1. The first kappa shape index (κ1) is 12.8. The maximum atomic E-state index is 12.0. The summed E-state index contributed by atoms with van der Waals surface area (Å²) >= 11 is 5.91. The summed E-state index contributed by atoms with van der Waals surface area (Å²) in [6.07, 6.45) is 2.02. The van der Waals surface area contributed by atoms with Crippen LogP contribution in [0.4, 0.5) is 0 Å².